The van der Waals surface area contributed by atoms with Gasteiger partial charge in [0, 0.05) is 18.8 Å². The van der Waals surface area contributed by atoms with Gasteiger partial charge in [0.15, 0.2) is 0 Å². The maximum atomic E-state index is 10.3. The van der Waals surface area contributed by atoms with Crippen molar-refractivity contribution in [1.29, 1.82) is 0 Å². The van der Waals surface area contributed by atoms with Crippen LogP contribution in [0.2, 0.25) is 0 Å². The fraction of sp³-hybridized carbons (Fsp3) is 0.364. The predicted molar refractivity (Wildman–Crippen MR) is 59.5 cm³/mol. The van der Waals surface area contributed by atoms with Crippen molar-refractivity contribution in [3.8, 4) is 0 Å². The summed E-state index contributed by atoms with van der Waals surface area (Å²) in [5.74, 6) is 0. The lowest BCUT2D eigenvalue weighted by atomic mass is 10.2. The van der Waals surface area contributed by atoms with Crippen LogP contribution >= 0.6 is 0 Å². The van der Waals surface area contributed by atoms with Crippen LogP contribution in [0.1, 0.15) is 5.56 Å². The topological polar surface area (TPSA) is 52.6 Å². The van der Waals surface area contributed by atoms with Crippen molar-refractivity contribution < 1.29 is 9.90 Å². The van der Waals surface area contributed by atoms with Crippen LogP contribution in [-0.4, -0.2) is 36.6 Å². The molecule has 1 aromatic carbocycles. The SMILES string of the molecule is CN(CCO)Cc1cccc(NC=O)c1. The number of carbonyl (C=O) groups is 1. The van der Waals surface area contributed by atoms with Crippen molar-refractivity contribution in [3.05, 3.63) is 29.8 Å². The molecule has 0 spiro atoms. The summed E-state index contributed by atoms with van der Waals surface area (Å²) in [6.07, 6.45) is 0.663. The number of carbonyl (C=O) groups excluding carboxylic acids is 1. The van der Waals surface area contributed by atoms with E-state index in [4.69, 9.17) is 5.11 Å². The molecular formula is C11H16N2O2. The van der Waals surface area contributed by atoms with Crippen molar-refractivity contribution >= 4 is 12.1 Å². The Bertz CT molecular complexity index is 315. The highest BCUT2D eigenvalue weighted by Gasteiger charge is 2.00. The molecule has 0 aliphatic carbocycles. The lowest BCUT2D eigenvalue weighted by Crippen LogP contribution is -2.21. The summed E-state index contributed by atoms with van der Waals surface area (Å²) in [4.78, 5) is 12.3. The average molecular weight is 208 g/mol. The monoisotopic (exact) mass is 208 g/mol. The van der Waals surface area contributed by atoms with Crippen LogP contribution in [0.4, 0.5) is 5.69 Å². The predicted octanol–water partition coefficient (Wildman–Crippen LogP) is 0.679. The summed E-state index contributed by atoms with van der Waals surface area (Å²) >= 11 is 0. The van der Waals surface area contributed by atoms with Crippen molar-refractivity contribution in [1.82, 2.24) is 4.90 Å². The number of anilines is 1. The molecule has 1 rings (SSSR count). The van der Waals surface area contributed by atoms with Crippen LogP contribution in [0, 0.1) is 0 Å². The Morgan fingerprint density at radius 1 is 1.53 bits per heavy atom. The van der Waals surface area contributed by atoms with Crippen molar-refractivity contribution in [2.75, 3.05) is 25.5 Å². The van der Waals surface area contributed by atoms with E-state index in [1.54, 1.807) is 0 Å². The molecule has 0 aromatic heterocycles. The molecule has 0 atom stereocenters. The van der Waals surface area contributed by atoms with E-state index in [9.17, 15) is 4.79 Å². The van der Waals surface area contributed by atoms with Gasteiger partial charge in [0.2, 0.25) is 6.41 Å². The van der Waals surface area contributed by atoms with Gasteiger partial charge in [-0.1, -0.05) is 12.1 Å². The molecular weight excluding hydrogens is 192 g/mol. The van der Waals surface area contributed by atoms with Crippen molar-refractivity contribution in [3.63, 3.8) is 0 Å². The van der Waals surface area contributed by atoms with Gasteiger partial charge in [-0.3, -0.25) is 9.69 Å². The van der Waals surface area contributed by atoms with E-state index in [2.05, 4.69) is 5.32 Å². The number of benzene rings is 1. The first kappa shape index (κ1) is 11.7. The standard InChI is InChI=1S/C11H16N2O2/c1-13(5-6-14)8-10-3-2-4-11(7-10)12-9-15/h2-4,7,9,14H,5-6,8H2,1H3,(H,12,15). The minimum absolute atomic E-state index is 0.156. The molecule has 0 radical (unpaired) electrons. The number of amides is 1. The molecule has 0 unspecified atom stereocenters. The number of aliphatic hydroxyl groups is 1. The second-order valence-corrected chi connectivity index (χ2v) is 3.42. The number of nitrogens with zero attached hydrogens (tertiary/aromatic N) is 1. The summed E-state index contributed by atoms with van der Waals surface area (Å²) in [6, 6.07) is 7.64. The van der Waals surface area contributed by atoms with Crippen LogP contribution in [0.3, 0.4) is 0 Å². The Hall–Kier alpha value is -1.39. The molecule has 0 saturated heterocycles. The second-order valence-electron chi connectivity index (χ2n) is 3.42. The first-order chi connectivity index (χ1) is 7.26. The van der Waals surface area contributed by atoms with Gasteiger partial charge in [-0.15, -0.1) is 0 Å². The summed E-state index contributed by atoms with van der Waals surface area (Å²) in [5.41, 5.74) is 1.90. The van der Waals surface area contributed by atoms with Crippen molar-refractivity contribution in [2.24, 2.45) is 0 Å². The van der Waals surface area contributed by atoms with E-state index in [0.29, 0.717) is 13.0 Å². The van der Waals surface area contributed by atoms with E-state index >= 15 is 0 Å². The van der Waals surface area contributed by atoms with E-state index in [-0.39, 0.29) is 6.61 Å². The summed E-state index contributed by atoms with van der Waals surface area (Å²) < 4.78 is 0. The van der Waals surface area contributed by atoms with Gasteiger partial charge in [0.25, 0.3) is 0 Å². The molecule has 0 saturated carbocycles. The molecule has 2 N–H and O–H groups in total. The highest BCUT2D eigenvalue weighted by atomic mass is 16.3. The number of hydrogen-bond donors (Lipinski definition) is 2. The fourth-order valence-corrected chi connectivity index (χ4v) is 1.39. The normalized spacial score (nSPS) is 10.3. The number of hydrogen-bond acceptors (Lipinski definition) is 3. The molecule has 4 heteroatoms. The van der Waals surface area contributed by atoms with E-state index in [0.717, 1.165) is 17.8 Å². The molecule has 1 aromatic rings. The van der Waals surface area contributed by atoms with Gasteiger partial charge in [0.05, 0.1) is 6.61 Å². The zero-order valence-corrected chi connectivity index (χ0v) is 8.81. The fourth-order valence-electron chi connectivity index (χ4n) is 1.39. The van der Waals surface area contributed by atoms with Gasteiger partial charge in [0.1, 0.15) is 0 Å². The zero-order chi connectivity index (χ0) is 11.1. The van der Waals surface area contributed by atoms with E-state index in [1.165, 1.54) is 0 Å². The highest BCUT2D eigenvalue weighted by Crippen LogP contribution is 2.11. The van der Waals surface area contributed by atoms with Crippen LogP contribution in [0.25, 0.3) is 0 Å². The third kappa shape index (κ3) is 4.10. The molecule has 0 aliphatic rings. The third-order valence-electron chi connectivity index (χ3n) is 2.09. The number of likely N-dealkylation sites (N-methyl/N-ethyl adjacent to an activating group) is 1. The largest absolute Gasteiger partial charge is 0.395 e. The smallest absolute Gasteiger partial charge is 0.211 e. The van der Waals surface area contributed by atoms with Crippen LogP contribution in [0.5, 0.6) is 0 Å². The van der Waals surface area contributed by atoms with E-state index < -0.39 is 0 Å². The van der Waals surface area contributed by atoms with Crippen molar-refractivity contribution in [2.45, 2.75) is 6.54 Å². The lowest BCUT2D eigenvalue weighted by molar-refractivity contribution is -0.105. The molecule has 1 amide bonds. The Kier molecular flexibility index (Phi) is 4.80. The van der Waals surface area contributed by atoms with Crippen LogP contribution in [-0.2, 0) is 11.3 Å². The van der Waals surface area contributed by atoms with Gasteiger partial charge < -0.3 is 10.4 Å². The minimum atomic E-state index is 0.156. The summed E-state index contributed by atoms with van der Waals surface area (Å²) in [6.45, 7) is 1.56. The van der Waals surface area contributed by atoms with Gasteiger partial charge >= 0.3 is 0 Å². The Morgan fingerprint density at radius 3 is 3.00 bits per heavy atom. The third-order valence-corrected chi connectivity index (χ3v) is 2.09. The lowest BCUT2D eigenvalue weighted by Gasteiger charge is -2.15. The van der Waals surface area contributed by atoms with Gasteiger partial charge in [-0.2, -0.15) is 0 Å². The summed E-state index contributed by atoms with van der Waals surface area (Å²) in [7, 11) is 1.94. The molecule has 0 aliphatic heterocycles. The molecule has 0 fully saturated rings. The highest BCUT2D eigenvalue weighted by molar-refractivity contribution is 5.71. The number of rotatable bonds is 6. The first-order valence-electron chi connectivity index (χ1n) is 4.85. The number of nitrogens with one attached hydrogen (secondary N) is 1. The number of aliphatic hydroxyl groups excluding tert-OH is 1. The van der Waals surface area contributed by atoms with Crippen LogP contribution < -0.4 is 5.32 Å². The average Bonchev–Trinajstić information content (AvgIpc) is 2.19. The second kappa shape index (κ2) is 6.16. The molecule has 0 heterocycles. The Morgan fingerprint density at radius 2 is 2.33 bits per heavy atom. The first-order valence-corrected chi connectivity index (χ1v) is 4.85. The molecule has 0 bridgehead atoms. The van der Waals surface area contributed by atoms with Gasteiger partial charge in [-0.25, -0.2) is 0 Å². The maximum Gasteiger partial charge on any atom is 0.211 e. The molecule has 82 valence electrons. The van der Waals surface area contributed by atoms with E-state index in [1.807, 2.05) is 36.2 Å². The Balaban J connectivity index is 2.60. The maximum absolute atomic E-state index is 10.3. The Labute approximate surface area is 89.5 Å². The quantitative estimate of drug-likeness (QED) is 0.676. The molecule has 15 heavy (non-hydrogen) atoms. The van der Waals surface area contributed by atoms with Gasteiger partial charge in [-0.05, 0) is 24.7 Å². The zero-order valence-electron chi connectivity index (χ0n) is 8.81. The van der Waals surface area contributed by atoms with Crippen LogP contribution in [0.15, 0.2) is 24.3 Å². The molecule has 4 nitrogen and oxygen atoms in total. The minimum Gasteiger partial charge on any atom is -0.395 e. The summed E-state index contributed by atoms with van der Waals surface area (Å²) in [5, 5.41) is 11.4.